The van der Waals surface area contributed by atoms with Crippen LogP contribution in [0, 0.1) is 5.92 Å². The van der Waals surface area contributed by atoms with E-state index < -0.39 is 10.0 Å². The summed E-state index contributed by atoms with van der Waals surface area (Å²) in [5.41, 5.74) is 1.52. The van der Waals surface area contributed by atoms with Gasteiger partial charge in [0.15, 0.2) is 0 Å². The molecule has 6 heteroatoms. The molecule has 0 aliphatic heterocycles. The molecule has 140 valence electrons. The Hall–Kier alpha value is -2.18. The minimum Gasteiger partial charge on any atom is -0.326 e. The maximum atomic E-state index is 12.7. The monoisotopic (exact) mass is 374 g/mol. The lowest BCUT2D eigenvalue weighted by Crippen LogP contribution is -2.26. The van der Waals surface area contributed by atoms with Crippen molar-refractivity contribution in [2.24, 2.45) is 5.92 Å². The molecule has 1 N–H and O–H groups in total. The van der Waals surface area contributed by atoms with E-state index in [1.54, 1.807) is 19.2 Å². The number of rotatable bonds is 8. The van der Waals surface area contributed by atoms with Gasteiger partial charge in [0.2, 0.25) is 15.9 Å². The van der Waals surface area contributed by atoms with Crippen molar-refractivity contribution in [2.75, 3.05) is 12.4 Å². The first kappa shape index (κ1) is 20.1. The van der Waals surface area contributed by atoms with E-state index in [0.717, 1.165) is 18.4 Å². The van der Waals surface area contributed by atoms with Gasteiger partial charge in [0.25, 0.3) is 0 Å². The van der Waals surface area contributed by atoms with Crippen LogP contribution in [0.5, 0.6) is 0 Å². The first-order valence-electron chi connectivity index (χ1n) is 8.75. The number of amides is 1. The van der Waals surface area contributed by atoms with Crippen molar-refractivity contribution in [1.29, 1.82) is 0 Å². The normalized spacial score (nSPS) is 12.8. The van der Waals surface area contributed by atoms with Crippen LogP contribution in [0.25, 0.3) is 0 Å². The van der Waals surface area contributed by atoms with Crippen molar-refractivity contribution < 1.29 is 13.2 Å². The Balaban J connectivity index is 2.07. The molecule has 1 unspecified atom stereocenters. The number of hydrogen-bond donors (Lipinski definition) is 1. The molecule has 0 radical (unpaired) electrons. The summed E-state index contributed by atoms with van der Waals surface area (Å²) >= 11 is 0. The second kappa shape index (κ2) is 8.96. The van der Waals surface area contributed by atoms with Crippen LogP contribution in [0.2, 0.25) is 0 Å². The van der Waals surface area contributed by atoms with Crippen LogP contribution >= 0.6 is 0 Å². The molecule has 2 rings (SSSR count). The van der Waals surface area contributed by atoms with Crippen LogP contribution in [0.3, 0.4) is 0 Å². The van der Waals surface area contributed by atoms with Gasteiger partial charge in [-0.05, 0) is 36.2 Å². The number of nitrogens with zero attached hydrogens (tertiary/aromatic N) is 1. The zero-order valence-electron chi connectivity index (χ0n) is 15.5. The summed E-state index contributed by atoms with van der Waals surface area (Å²) in [6.07, 6.45) is 1.77. The van der Waals surface area contributed by atoms with E-state index in [-0.39, 0.29) is 16.7 Å². The summed E-state index contributed by atoms with van der Waals surface area (Å²) in [6.45, 7) is 4.22. The van der Waals surface area contributed by atoms with Gasteiger partial charge in [-0.1, -0.05) is 50.6 Å². The number of benzene rings is 2. The van der Waals surface area contributed by atoms with E-state index in [0.29, 0.717) is 12.2 Å². The van der Waals surface area contributed by atoms with E-state index in [4.69, 9.17) is 0 Å². The van der Waals surface area contributed by atoms with Gasteiger partial charge in [-0.2, -0.15) is 4.31 Å². The second-order valence-electron chi connectivity index (χ2n) is 6.45. The van der Waals surface area contributed by atoms with Crippen LogP contribution in [0.1, 0.15) is 32.3 Å². The average molecular weight is 375 g/mol. The summed E-state index contributed by atoms with van der Waals surface area (Å²) in [7, 11) is -2.03. The zero-order chi connectivity index (χ0) is 19.2. The highest BCUT2D eigenvalue weighted by molar-refractivity contribution is 7.89. The summed E-state index contributed by atoms with van der Waals surface area (Å²) in [6, 6.07) is 15.7. The van der Waals surface area contributed by atoms with E-state index in [1.165, 1.54) is 16.4 Å². The van der Waals surface area contributed by atoms with E-state index in [2.05, 4.69) is 5.32 Å². The molecule has 0 bridgehead atoms. The molecule has 0 aliphatic rings. The molecule has 26 heavy (non-hydrogen) atoms. The molecule has 0 saturated carbocycles. The quantitative estimate of drug-likeness (QED) is 0.762. The summed E-state index contributed by atoms with van der Waals surface area (Å²) < 4.78 is 26.7. The Labute approximate surface area is 156 Å². The average Bonchev–Trinajstić information content (AvgIpc) is 2.63. The molecule has 2 aromatic carbocycles. The zero-order valence-corrected chi connectivity index (χ0v) is 16.3. The maximum absolute atomic E-state index is 12.7. The van der Waals surface area contributed by atoms with Crippen LogP contribution in [-0.2, 0) is 21.4 Å². The van der Waals surface area contributed by atoms with Gasteiger partial charge in [0.05, 0.1) is 4.90 Å². The third kappa shape index (κ3) is 5.16. The minimum absolute atomic E-state index is 0.0522. The van der Waals surface area contributed by atoms with Crippen LogP contribution in [-0.4, -0.2) is 25.7 Å². The van der Waals surface area contributed by atoms with Gasteiger partial charge >= 0.3 is 0 Å². The summed E-state index contributed by atoms with van der Waals surface area (Å²) in [5, 5.41) is 2.83. The number of carbonyl (C=O) groups is 1. The summed E-state index contributed by atoms with van der Waals surface area (Å²) in [5.74, 6) is -0.121. The van der Waals surface area contributed by atoms with E-state index >= 15 is 0 Å². The Morgan fingerprint density at radius 2 is 1.69 bits per heavy atom. The lowest BCUT2D eigenvalue weighted by molar-refractivity contribution is -0.119. The molecule has 2 aromatic rings. The molecule has 0 saturated heterocycles. The highest BCUT2D eigenvalue weighted by atomic mass is 32.2. The molecule has 5 nitrogen and oxygen atoms in total. The number of hydrogen-bond acceptors (Lipinski definition) is 3. The fraction of sp³-hybridized carbons (Fsp3) is 0.350. The van der Waals surface area contributed by atoms with Crippen molar-refractivity contribution in [3.8, 4) is 0 Å². The lowest BCUT2D eigenvalue weighted by Gasteiger charge is -2.18. The Morgan fingerprint density at radius 3 is 2.27 bits per heavy atom. The van der Waals surface area contributed by atoms with Crippen molar-refractivity contribution in [1.82, 2.24) is 4.31 Å². The summed E-state index contributed by atoms with van der Waals surface area (Å²) in [4.78, 5) is 12.3. The highest BCUT2D eigenvalue weighted by Crippen LogP contribution is 2.20. The first-order valence-corrected chi connectivity index (χ1v) is 10.2. The van der Waals surface area contributed by atoms with Gasteiger partial charge < -0.3 is 5.32 Å². The fourth-order valence-corrected chi connectivity index (χ4v) is 3.80. The van der Waals surface area contributed by atoms with Crippen LogP contribution in [0.4, 0.5) is 5.69 Å². The second-order valence-corrected chi connectivity index (χ2v) is 8.49. The highest BCUT2D eigenvalue weighted by Gasteiger charge is 2.21. The van der Waals surface area contributed by atoms with Gasteiger partial charge in [0, 0.05) is 25.2 Å². The van der Waals surface area contributed by atoms with Crippen LogP contribution in [0.15, 0.2) is 59.5 Å². The van der Waals surface area contributed by atoms with Crippen molar-refractivity contribution in [3.63, 3.8) is 0 Å². The molecule has 0 aliphatic carbocycles. The molecule has 0 aromatic heterocycles. The Bertz CT molecular complexity index is 818. The van der Waals surface area contributed by atoms with E-state index in [1.807, 2.05) is 44.2 Å². The number of carbonyl (C=O) groups excluding carboxylic acids is 1. The third-order valence-electron chi connectivity index (χ3n) is 4.25. The van der Waals surface area contributed by atoms with Crippen LogP contribution < -0.4 is 5.32 Å². The fourth-order valence-electron chi connectivity index (χ4n) is 2.65. The first-order chi connectivity index (χ1) is 12.3. The van der Waals surface area contributed by atoms with Gasteiger partial charge in [-0.15, -0.1) is 0 Å². The lowest BCUT2D eigenvalue weighted by atomic mass is 10.1. The topological polar surface area (TPSA) is 66.5 Å². The van der Waals surface area contributed by atoms with Gasteiger partial charge in [-0.25, -0.2) is 8.42 Å². The predicted molar refractivity (Wildman–Crippen MR) is 104 cm³/mol. The molecule has 1 amide bonds. The Kier molecular flexibility index (Phi) is 6.94. The van der Waals surface area contributed by atoms with Crippen molar-refractivity contribution in [3.05, 3.63) is 60.2 Å². The molecule has 0 heterocycles. The maximum Gasteiger partial charge on any atom is 0.243 e. The standard InChI is InChI=1S/C20H26N2O3S/c1-4-8-16(2)20(23)21-18-11-13-19(14-12-18)26(24,25)22(3)15-17-9-6-5-7-10-17/h5-7,9-14,16H,4,8,15H2,1-3H3,(H,21,23). The largest absolute Gasteiger partial charge is 0.326 e. The molecule has 0 fully saturated rings. The molecular formula is C20H26N2O3S. The third-order valence-corrected chi connectivity index (χ3v) is 6.06. The Morgan fingerprint density at radius 1 is 1.08 bits per heavy atom. The van der Waals surface area contributed by atoms with Gasteiger partial charge in [-0.3, -0.25) is 4.79 Å². The number of anilines is 1. The van der Waals surface area contributed by atoms with Crippen molar-refractivity contribution in [2.45, 2.75) is 38.1 Å². The van der Waals surface area contributed by atoms with E-state index in [9.17, 15) is 13.2 Å². The molecule has 0 spiro atoms. The number of sulfonamides is 1. The molecular weight excluding hydrogens is 348 g/mol. The smallest absolute Gasteiger partial charge is 0.243 e. The SMILES string of the molecule is CCCC(C)C(=O)Nc1ccc(S(=O)(=O)N(C)Cc2ccccc2)cc1. The van der Waals surface area contributed by atoms with Gasteiger partial charge in [0.1, 0.15) is 0 Å². The van der Waals surface area contributed by atoms with Crippen molar-refractivity contribution >= 4 is 21.6 Å². The predicted octanol–water partition coefficient (Wildman–Crippen LogP) is 3.88. The molecule has 1 atom stereocenters. The number of nitrogens with one attached hydrogen (secondary N) is 1. The minimum atomic E-state index is -3.59.